The summed E-state index contributed by atoms with van der Waals surface area (Å²) in [7, 11) is 1.50. The fraction of sp³-hybridized carbons (Fsp3) is 0.211. The van der Waals surface area contributed by atoms with Gasteiger partial charge in [-0.15, -0.1) is 0 Å². The van der Waals surface area contributed by atoms with Gasteiger partial charge in [0.05, 0.1) is 23.7 Å². The van der Waals surface area contributed by atoms with Gasteiger partial charge in [-0.3, -0.25) is 14.9 Å². The maximum atomic E-state index is 12.9. The zero-order chi connectivity index (χ0) is 20.9. The minimum absolute atomic E-state index is 0.0819. The van der Waals surface area contributed by atoms with Crippen LogP contribution in [-0.2, 0) is 16.9 Å². The van der Waals surface area contributed by atoms with Crippen LogP contribution in [0.4, 0.5) is 4.79 Å². The van der Waals surface area contributed by atoms with Crippen LogP contribution < -0.4 is 15.4 Å². The summed E-state index contributed by atoms with van der Waals surface area (Å²) >= 11 is 12.0. The molecule has 4 rings (SSSR count). The van der Waals surface area contributed by atoms with Gasteiger partial charge in [0.2, 0.25) is 0 Å². The standard InChI is InChI=1S/C19H15Cl2N3O5/c1-29-11-3-2-9-7-24(16(26)12(9)6-11)8-19(17(27)22-18(28)23-19)10-4-13(20)15(25)14(21)5-10/h2-6,25H,7-8H2,1H3,(H2,22,23,27,28)/t19-/m0/s1. The highest BCUT2D eigenvalue weighted by atomic mass is 35.5. The normalized spacial score (nSPS) is 20.5. The van der Waals surface area contributed by atoms with Crippen molar-refractivity contribution in [3.8, 4) is 11.5 Å². The number of carbonyl (C=O) groups excluding carboxylic acids is 3. The predicted molar refractivity (Wildman–Crippen MR) is 104 cm³/mol. The lowest BCUT2D eigenvalue weighted by atomic mass is 9.89. The van der Waals surface area contributed by atoms with E-state index in [1.165, 1.54) is 24.1 Å². The quantitative estimate of drug-likeness (QED) is 0.638. The molecule has 2 aromatic rings. The molecule has 1 atom stereocenters. The molecule has 0 saturated carbocycles. The van der Waals surface area contributed by atoms with Crippen molar-refractivity contribution in [2.24, 2.45) is 0 Å². The number of imide groups is 1. The topological polar surface area (TPSA) is 108 Å². The first-order valence-corrected chi connectivity index (χ1v) is 9.29. The number of rotatable bonds is 4. The molecule has 0 unspecified atom stereocenters. The first-order valence-electron chi connectivity index (χ1n) is 8.53. The van der Waals surface area contributed by atoms with E-state index in [0.717, 1.165) is 5.56 Å². The summed E-state index contributed by atoms with van der Waals surface area (Å²) in [6.07, 6.45) is 0. The largest absolute Gasteiger partial charge is 0.505 e. The first-order chi connectivity index (χ1) is 13.7. The van der Waals surface area contributed by atoms with Crippen molar-refractivity contribution in [2.75, 3.05) is 13.7 Å². The van der Waals surface area contributed by atoms with Gasteiger partial charge in [0.15, 0.2) is 11.3 Å². The third-order valence-electron chi connectivity index (χ3n) is 5.08. The van der Waals surface area contributed by atoms with E-state index in [2.05, 4.69) is 10.6 Å². The van der Waals surface area contributed by atoms with Crippen LogP contribution in [0, 0.1) is 0 Å². The number of amides is 4. The highest BCUT2D eigenvalue weighted by Crippen LogP contribution is 2.39. The number of benzene rings is 2. The van der Waals surface area contributed by atoms with Crippen molar-refractivity contribution in [1.29, 1.82) is 0 Å². The van der Waals surface area contributed by atoms with E-state index in [9.17, 15) is 19.5 Å². The molecule has 0 aromatic heterocycles. The van der Waals surface area contributed by atoms with Crippen LogP contribution in [0.2, 0.25) is 10.0 Å². The van der Waals surface area contributed by atoms with Gasteiger partial charge in [-0.05, 0) is 35.4 Å². The molecule has 4 amide bonds. The molecule has 0 aliphatic carbocycles. The second kappa shape index (κ2) is 6.82. The Bertz CT molecular complexity index is 1050. The van der Waals surface area contributed by atoms with Crippen LogP contribution in [0.1, 0.15) is 21.5 Å². The number of aromatic hydroxyl groups is 1. The molecule has 0 radical (unpaired) electrons. The van der Waals surface area contributed by atoms with Crippen molar-refractivity contribution in [1.82, 2.24) is 15.5 Å². The van der Waals surface area contributed by atoms with E-state index < -0.39 is 17.5 Å². The predicted octanol–water partition coefficient (Wildman–Crippen LogP) is 2.40. The third kappa shape index (κ3) is 3.04. The molecule has 29 heavy (non-hydrogen) atoms. The molecule has 1 saturated heterocycles. The summed E-state index contributed by atoms with van der Waals surface area (Å²) in [5.41, 5.74) is -0.127. The lowest BCUT2D eigenvalue weighted by Crippen LogP contribution is -2.52. The summed E-state index contributed by atoms with van der Waals surface area (Å²) in [6, 6.07) is 7.12. The average Bonchev–Trinajstić information content (AvgIpc) is 3.15. The van der Waals surface area contributed by atoms with Crippen molar-refractivity contribution in [2.45, 2.75) is 12.1 Å². The minimum Gasteiger partial charge on any atom is -0.505 e. The molecule has 3 N–H and O–H groups in total. The van der Waals surface area contributed by atoms with Crippen molar-refractivity contribution < 1.29 is 24.2 Å². The maximum Gasteiger partial charge on any atom is 0.322 e. The average molecular weight is 436 g/mol. The van der Waals surface area contributed by atoms with Crippen LogP contribution in [0.3, 0.4) is 0 Å². The number of urea groups is 1. The molecule has 8 nitrogen and oxygen atoms in total. The number of nitrogens with one attached hydrogen (secondary N) is 2. The molecule has 2 aromatic carbocycles. The number of nitrogens with zero attached hydrogens (tertiary/aromatic N) is 1. The molecular weight excluding hydrogens is 421 g/mol. The van der Waals surface area contributed by atoms with E-state index >= 15 is 0 Å². The molecule has 150 valence electrons. The van der Waals surface area contributed by atoms with Crippen LogP contribution >= 0.6 is 23.2 Å². The summed E-state index contributed by atoms with van der Waals surface area (Å²) in [5.74, 6) is -0.753. The zero-order valence-electron chi connectivity index (χ0n) is 15.1. The number of phenolic OH excluding ortho intramolecular Hbond substituents is 1. The third-order valence-corrected chi connectivity index (χ3v) is 5.65. The Morgan fingerprint density at radius 1 is 1.17 bits per heavy atom. The lowest BCUT2D eigenvalue weighted by Gasteiger charge is -2.31. The van der Waals surface area contributed by atoms with Crippen molar-refractivity contribution in [3.63, 3.8) is 0 Å². The molecule has 10 heteroatoms. The van der Waals surface area contributed by atoms with Crippen LogP contribution in [-0.4, -0.2) is 41.5 Å². The second-order valence-electron chi connectivity index (χ2n) is 6.79. The van der Waals surface area contributed by atoms with E-state index in [-0.39, 0.29) is 40.4 Å². The Kier molecular flexibility index (Phi) is 4.55. The van der Waals surface area contributed by atoms with Gasteiger partial charge in [0, 0.05) is 12.1 Å². The number of fused-ring (bicyclic) bond motifs is 1. The number of ether oxygens (including phenoxy) is 1. The Morgan fingerprint density at radius 3 is 2.45 bits per heavy atom. The molecule has 1 fully saturated rings. The van der Waals surface area contributed by atoms with Gasteiger partial charge in [0.25, 0.3) is 11.8 Å². The minimum atomic E-state index is -1.61. The lowest BCUT2D eigenvalue weighted by molar-refractivity contribution is -0.124. The number of methoxy groups -OCH3 is 1. The summed E-state index contributed by atoms with van der Waals surface area (Å²) in [4.78, 5) is 39.1. The van der Waals surface area contributed by atoms with E-state index in [4.69, 9.17) is 27.9 Å². The van der Waals surface area contributed by atoms with Crippen molar-refractivity contribution >= 4 is 41.0 Å². The van der Waals surface area contributed by atoms with Gasteiger partial charge < -0.3 is 20.1 Å². The van der Waals surface area contributed by atoms with Gasteiger partial charge >= 0.3 is 6.03 Å². The molecule has 2 heterocycles. The van der Waals surface area contributed by atoms with Gasteiger partial charge in [0.1, 0.15) is 5.75 Å². The van der Waals surface area contributed by atoms with Gasteiger partial charge in [-0.25, -0.2) is 4.79 Å². The Labute approximate surface area is 175 Å². The highest BCUT2D eigenvalue weighted by Gasteiger charge is 2.51. The second-order valence-corrected chi connectivity index (χ2v) is 7.60. The van der Waals surface area contributed by atoms with E-state index in [1.807, 2.05) is 0 Å². The number of carbonyl (C=O) groups is 3. The molecular formula is C19H15Cl2N3O5. The SMILES string of the molecule is COc1ccc2c(c1)C(=O)N(C[C@@]1(c3cc(Cl)c(O)c(Cl)c3)NC(=O)NC1=O)C2. The Balaban J connectivity index is 1.74. The monoisotopic (exact) mass is 435 g/mol. The molecule has 0 spiro atoms. The number of phenols is 1. The number of hydrogen-bond donors (Lipinski definition) is 3. The molecule has 2 aliphatic rings. The maximum absolute atomic E-state index is 12.9. The number of halogens is 2. The van der Waals surface area contributed by atoms with Gasteiger partial charge in [-0.2, -0.15) is 0 Å². The summed E-state index contributed by atoms with van der Waals surface area (Å²) in [5, 5.41) is 14.5. The Hall–Kier alpha value is -2.97. The highest BCUT2D eigenvalue weighted by molar-refractivity contribution is 6.37. The van der Waals surface area contributed by atoms with Crippen LogP contribution in [0.5, 0.6) is 11.5 Å². The van der Waals surface area contributed by atoms with Gasteiger partial charge in [-0.1, -0.05) is 29.3 Å². The molecule has 2 aliphatic heterocycles. The Morgan fingerprint density at radius 2 is 1.86 bits per heavy atom. The van der Waals surface area contributed by atoms with E-state index in [1.54, 1.807) is 18.2 Å². The fourth-order valence-corrected chi connectivity index (χ4v) is 4.08. The van der Waals surface area contributed by atoms with Crippen LogP contribution in [0.25, 0.3) is 0 Å². The first kappa shape index (κ1) is 19.4. The zero-order valence-corrected chi connectivity index (χ0v) is 16.6. The van der Waals surface area contributed by atoms with E-state index in [0.29, 0.717) is 11.3 Å². The molecule has 0 bridgehead atoms. The summed E-state index contributed by atoms with van der Waals surface area (Å²) in [6.45, 7) is 0.0977. The fourth-order valence-electron chi connectivity index (χ4n) is 3.59. The van der Waals surface area contributed by atoms with Crippen LogP contribution in [0.15, 0.2) is 30.3 Å². The smallest absolute Gasteiger partial charge is 0.322 e. The van der Waals surface area contributed by atoms with Crippen molar-refractivity contribution in [3.05, 3.63) is 57.1 Å². The summed E-state index contributed by atoms with van der Waals surface area (Å²) < 4.78 is 5.17. The number of hydrogen-bond acceptors (Lipinski definition) is 5.